The molecule has 18 heavy (non-hydrogen) atoms. The highest BCUT2D eigenvalue weighted by Gasteiger charge is 2.06. The predicted octanol–water partition coefficient (Wildman–Crippen LogP) is 0.205. The second kappa shape index (κ2) is 5.59. The number of nitrogens with one attached hydrogen (secondary N) is 1. The van der Waals surface area contributed by atoms with Gasteiger partial charge < -0.3 is 15.6 Å². The Kier molecular flexibility index (Phi) is 3.88. The fraction of sp³-hybridized carbons (Fsp3) is 0.417. The number of nitrogens with two attached hydrogens (primary N) is 1. The molecule has 2 rings (SSSR count). The zero-order chi connectivity index (χ0) is 13.0. The Morgan fingerprint density at radius 3 is 3.11 bits per heavy atom. The first-order valence-electron chi connectivity index (χ1n) is 5.95. The zero-order valence-corrected chi connectivity index (χ0v) is 10.4. The van der Waals surface area contributed by atoms with Crippen LogP contribution in [0.1, 0.15) is 12.0 Å². The fourth-order valence-corrected chi connectivity index (χ4v) is 1.74. The molecule has 0 aliphatic rings. The number of fused-ring (bicyclic) bond motifs is 1. The number of carbonyl (C=O) groups excluding carboxylic acids is 1. The summed E-state index contributed by atoms with van der Waals surface area (Å²) in [6, 6.07) is 1.98. The highest BCUT2D eigenvalue weighted by Crippen LogP contribution is 2.11. The molecule has 1 amide bonds. The van der Waals surface area contributed by atoms with Crippen LogP contribution in [0.5, 0.6) is 0 Å². The Morgan fingerprint density at radius 1 is 1.50 bits per heavy atom. The van der Waals surface area contributed by atoms with Gasteiger partial charge in [-0.25, -0.2) is 9.97 Å². The molecular weight excluding hydrogens is 230 g/mol. The van der Waals surface area contributed by atoms with Gasteiger partial charge in [0.2, 0.25) is 5.91 Å². The second-order valence-corrected chi connectivity index (χ2v) is 4.18. The lowest BCUT2D eigenvalue weighted by Gasteiger charge is -2.05. The number of imidazole rings is 1. The van der Waals surface area contributed by atoms with Crippen molar-refractivity contribution in [1.82, 2.24) is 19.9 Å². The third-order valence-electron chi connectivity index (χ3n) is 2.64. The van der Waals surface area contributed by atoms with Crippen LogP contribution in [-0.4, -0.2) is 33.5 Å². The van der Waals surface area contributed by atoms with E-state index in [4.69, 9.17) is 5.73 Å². The molecule has 2 aromatic heterocycles. The van der Waals surface area contributed by atoms with E-state index in [-0.39, 0.29) is 5.91 Å². The first kappa shape index (κ1) is 12.5. The van der Waals surface area contributed by atoms with Crippen molar-refractivity contribution in [1.29, 1.82) is 0 Å². The summed E-state index contributed by atoms with van der Waals surface area (Å²) in [6.07, 6.45) is 3.92. The number of nitrogens with zero attached hydrogens (tertiary/aromatic N) is 3. The molecule has 0 saturated heterocycles. The van der Waals surface area contributed by atoms with E-state index < -0.39 is 0 Å². The maximum atomic E-state index is 11.5. The van der Waals surface area contributed by atoms with Crippen LogP contribution in [0.3, 0.4) is 0 Å². The van der Waals surface area contributed by atoms with Gasteiger partial charge in [-0.1, -0.05) is 0 Å². The Balaban J connectivity index is 2.02. The molecule has 96 valence electrons. The first-order valence-corrected chi connectivity index (χ1v) is 5.95. The minimum Gasteiger partial charge on any atom is -0.355 e. The third-order valence-corrected chi connectivity index (χ3v) is 2.64. The minimum atomic E-state index is -0.00517. The van der Waals surface area contributed by atoms with Crippen LogP contribution < -0.4 is 11.1 Å². The van der Waals surface area contributed by atoms with Crippen molar-refractivity contribution in [3.8, 4) is 0 Å². The number of aromatic nitrogens is 3. The molecular formula is C12H17N5O. The van der Waals surface area contributed by atoms with E-state index >= 15 is 0 Å². The van der Waals surface area contributed by atoms with Crippen LogP contribution in [0.2, 0.25) is 0 Å². The molecule has 0 saturated carbocycles. The number of hydrogen-bond donors (Lipinski definition) is 2. The van der Waals surface area contributed by atoms with Gasteiger partial charge in [0.15, 0.2) is 5.65 Å². The number of pyridine rings is 1. The Labute approximate surface area is 105 Å². The van der Waals surface area contributed by atoms with E-state index in [0.29, 0.717) is 26.1 Å². The average molecular weight is 247 g/mol. The van der Waals surface area contributed by atoms with Crippen molar-refractivity contribution in [2.45, 2.75) is 19.9 Å². The molecule has 0 bridgehead atoms. The highest BCUT2D eigenvalue weighted by atomic mass is 16.1. The van der Waals surface area contributed by atoms with Crippen molar-refractivity contribution in [2.24, 2.45) is 5.73 Å². The van der Waals surface area contributed by atoms with Gasteiger partial charge in [-0.2, -0.15) is 0 Å². The average Bonchev–Trinajstić information content (AvgIpc) is 2.76. The van der Waals surface area contributed by atoms with Gasteiger partial charge in [-0.15, -0.1) is 0 Å². The van der Waals surface area contributed by atoms with E-state index in [2.05, 4.69) is 15.3 Å². The number of amides is 1. The van der Waals surface area contributed by atoms with Gasteiger partial charge in [0, 0.05) is 32.3 Å². The highest BCUT2D eigenvalue weighted by molar-refractivity contribution is 5.76. The molecule has 0 spiro atoms. The largest absolute Gasteiger partial charge is 0.355 e. The summed E-state index contributed by atoms with van der Waals surface area (Å²) in [5.41, 5.74) is 8.06. The van der Waals surface area contributed by atoms with Crippen molar-refractivity contribution >= 4 is 17.1 Å². The molecule has 0 aromatic carbocycles. The zero-order valence-electron chi connectivity index (χ0n) is 10.4. The number of aryl methyl sites for hydroxylation is 2. The standard InChI is InChI=1S/C12H17N5O/c1-9-6-10-12(15-7-9)17(8-16-10)5-2-11(18)14-4-3-13/h6-8H,2-5,13H2,1H3,(H,14,18). The topological polar surface area (TPSA) is 85.8 Å². The summed E-state index contributed by atoms with van der Waals surface area (Å²) >= 11 is 0. The van der Waals surface area contributed by atoms with Gasteiger partial charge in [0.25, 0.3) is 0 Å². The summed E-state index contributed by atoms with van der Waals surface area (Å²) < 4.78 is 1.89. The van der Waals surface area contributed by atoms with Crippen molar-refractivity contribution in [3.05, 3.63) is 24.2 Å². The Morgan fingerprint density at radius 2 is 2.33 bits per heavy atom. The van der Waals surface area contributed by atoms with Crippen LogP contribution >= 0.6 is 0 Å². The normalized spacial score (nSPS) is 10.8. The summed E-state index contributed by atoms with van der Waals surface area (Å²) in [6.45, 7) is 3.52. The molecule has 0 aliphatic carbocycles. The van der Waals surface area contributed by atoms with Crippen LogP contribution in [0.4, 0.5) is 0 Å². The molecule has 2 heterocycles. The van der Waals surface area contributed by atoms with Gasteiger partial charge in [-0.05, 0) is 18.6 Å². The molecule has 0 unspecified atom stereocenters. The number of rotatable bonds is 5. The monoisotopic (exact) mass is 247 g/mol. The molecule has 6 nitrogen and oxygen atoms in total. The summed E-state index contributed by atoms with van der Waals surface area (Å²) in [7, 11) is 0. The molecule has 0 aliphatic heterocycles. The second-order valence-electron chi connectivity index (χ2n) is 4.18. The smallest absolute Gasteiger partial charge is 0.221 e. The van der Waals surface area contributed by atoms with Crippen LogP contribution in [-0.2, 0) is 11.3 Å². The molecule has 3 N–H and O–H groups in total. The maximum absolute atomic E-state index is 11.5. The molecule has 0 atom stereocenters. The Bertz CT molecular complexity index is 548. The first-order chi connectivity index (χ1) is 8.70. The molecule has 0 radical (unpaired) electrons. The third kappa shape index (κ3) is 2.84. The lowest BCUT2D eigenvalue weighted by Crippen LogP contribution is -2.29. The number of carbonyl (C=O) groups is 1. The summed E-state index contributed by atoms with van der Waals surface area (Å²) in [5, 5.41) is 2.73. The SMILES string of the molecule is Cc1cnc2c(c1)ncn2CCC(=O)NCCN. The molecule has 2 aromatic rings. The van der Waals surface area contributed by atoms with E-state index in [1.165, 1.54) is 0 Å². The Hall–Kier alpha value is -1.95. The number of hydrogen-bond acceptors (Lipinski definition) is 4. The van der Waals surface area contributed by atoms with Crippen LogP contribution in [0, 0.1) is 6.92 Å². The van der Waals surface area contributed by atoms with Crippen LogP contribution in [0.25, 0.3) is 11.2 Å². The predicted molar refractivity (Wildman–Crippen MR) is 68.9 cm³/mol. The van der Waals surface area contributed by atoms with Crippen molar-refractivity contribution < 1.29 is 4.79 Å². The van der Waals surface area contributed by atoms with Gasteiger partial charge in [0.1, 0.15) is 5.52 Å². The van der Waals surface area contributed by atoms with Crippen molar-refractivity contribution in [2.75, 3.05) is 13.1 Å². The van der Waals surface area contributed by atoms with Gasteiger partial charge in [0.05, 0.1) is 6.33 Å². The van der Waals surface area contributed by atoms with Crippen molar-refractivity contribution in [3.63, 3.8) is 0 Å². The van der Waals surface area contributed by atoms with E-state index in [1.54, 1.807) is 12.5 Å². The molecule has 6 heteroatoms. The van der Waals surface area contributed by atoms with E-state index in [0.717, 1.165) is 16.7 Å². The van der Waals surface area contributed by atoms with Crippen LogP contribution in [0.15, 0.2) is 18.6 Å². The summed E-state index contributed by atoms with van der Waals surface area (Å²) in [4.78, 5) is 20.1. The summed E-state index contributed by atoms with van der Waals surface area (Å²) in [5.74, 6) is -0.00517. The fourth-order valence-electron chi connectivity index (χ4n) is 1.74. The molecule has 0 fully saturated rings. The van der Waals surface area contributed by atoms with E-state index in [1.807, 2.05) is 17.6 Å². The quantitative estimate of drug-likeness (QED) is 0.790. The lowest BCUT2D eigenvalue weighted by molar-refractivity contribution is -0.121. The van der Waals surface area contributed by atoms with Gasteiger partial charge in [-0.3, -0.25) is 4.79 Å². The lowest BCUT2D eigenvalue weighted by atomic mass is 10.3. The van der Waals surface area contributed by atoms with E-state index in [9.17, 15) is 4.79 Å². The minimum absolute atomic E-state index is 0.00517. The van der Waals surface area contributed by atoms with Gasteiger partial charge >= 0.3 is 0 Å². The maximum Gasteiger partial charge on any atom is 0.221 e.